The van der Waals surface area contributed by atoms with E-state index >= 15 is 0 Å². The fourth-order valence-corrected chi connectivity index (χ4v) is 2.55. The quantitative estimate of drug-likeness (QED) is 0.821. The molecule has 1 fully saturated rings. The normalized spacial score (nSPS) is 20.2. The Hall–Kier alpha value is -1.88. The van der Waals surface area contributed by atoms with Gasteiger partial charge >= 0.3 is 5.97 Å². The van der Waals surface area contributed by atoms with Crippen LogP contribution in [0.4, 0.5) is 0 Å². The number of amides is 1. The van der Waals surface area contributed by atoms with Crippen molar-refractivity contribution in [3.63, 3.8) is 0 Å². The molecule has 2 rings (SSSR count). The highest BCUT2D eigenvalue weighted by atomic mass is 16.5. The molecule has 0 spiro atoms. The molecule has 1 aliphatic rings. The van der Waals surface area contributed by atoms with Crippen molar-refractivity contribution < 1.29 is 14.3 Å². The Morgan fingerprint density at radius 1 is 1.43 bits per heavy atom. The third-order valence-electron chi connectivity index (χ3n) is 3.66. The summed E-state index contributed by atoms with van der Waals surface area (Å²) in [4.78, 5) is 26.2. The molecule has 5 heteroatoms. The fourth-order valence-electron chi connectivity index (χ4n) is 2.55. The van der Waals surface area contributed by atoms with E-state index in [0.29, 0.717) is 26.1 Å². The van der Waals surface area contributed by atoms with Gasteiger partial charge in [-0.25, -0.2) is 4.79 Å². The molecule has 1 aromatic rings. The minimum absolute atomic E-state index is 0.0461. The van der Waals surface area contributed by atoms with E-state index < -0.39 is 6.04 Å². The molecule has 114 valence electrons. The number of hydrogen-bond acceptors (Lipinski definition) is 4. The number of ether oxygens (including phenoxy) is 1. The third kappa shape index (κ3) is 3.82. The number of rotatable bonds is 5. The maximum Gasteiger partial charge on any atom is 0.329 e. The van der Waals surface area contributed by atoms with E-state index in [1.165, 1.54) is 0 Å². The molecule has 1 N–H and O–H groups in total. The summed E-state index contributed by atoms with van der Waals surface area (Å²) in [6, 6.07) is 8.90. The van der Waals surface area contributed by atoms with E-state index in [1.807, 2.05) is 37.3 Å². The average molecular weight is 290 g/mol. The van der Waals surface area contributed by atoms with Gasteiger partial charge in [-0.3, -0.25) is 4.79 Å². The monoisotopic (exact) mass is 290 g/mol. The molecule has 1 aliphatic heterocycles. The van der Waals surface area contributed by atoms with Gasteiger partial charge < -0.3 is 15.0 Å². The molecule has 0 aromatic heterocycles. The van der Waals surface area contributed by atoms with Gasteiger partial charge in [-0.1, -0.05) is 30.3 Å². The van der Waals surface area contributed by atoms with Gasteiger partial charge in [0, 0.05) is 19.5 Å². The molecule has 1 amide bonds. The number of nitrogens with zero attached hydrogens (tertiary/aromatic N) is 1. The molecule has 0 bridgehead atoms. The van der Waals surface area contributed by atoms with Crippen LogP contribution in [-0.4, -0.2) is 48.6 Å². The first kappa shape index (κ1) is 15.5. The summed E-state index contributed by atoms with van der Waals surface area (Å²) in [5.41, 5.74) is 1.02. The highest BCUT2D eigenvalue weighted by Crippen LogP contribution is 2.14. The van der Waals surface area contributed by atoms with Crippen LogP contribution < -0.4 is 5.32 Å². The van der Waals surface area contributed by atoms with Gasteiger partial charge in [0.1, 0.15) is 6.04 Å². The molecule has 0 unspecified atom stereocenters. The summed E-state index contributed by atoms with van der Waals surface area (Å²) in [6.07, 6.45) is 0.484. The van der Waals surface area contributed by atoms with Gasteiger partial charge in [-0.05, 0) is 19.4 Å². The Morgan fingerprint density at radius 3 is 2.81 bits per heavy atom. The van der Waals surface area contributed by atoms with E-state index in [0.717, 1.165) is 5.56 Å². The lowest BCUT2D eigenvalue weighted by atomic mass is 10.0. The number of benzene rings is 1. The highest BCUT2D eigenvalue weighted by Gasteiger charge is 2.35. The molecule has 0 saturated carbocycles. The number of carbonyl (C=O) groups is 2. The second-order valence-electron chi connectivity index (χ2n) is 5.17. The maximum atomic E-state index is 12.3. The molecular weight excluding hydrogens is 268 g/mol. The van der Waals surface area contributed by atoms with Gasteiger partial charge in [0.25, 0.3) is 0 Å². The molecule has 21 heavy (non-hydrogen) atoms. The molecule has 1 aromatic carbocycles. The second kappa shape index (κ2) is 7.22. The Kier molecular flexibility index (Phi) is 5.33. The van der Waals surface area contributed by atoms with E-state index in [-0.39, 0.29) is 17.9 Å². The molecule has 1 heterocycles. The smallest absolute Gasteiger partial charge is 0.329 e. The van der Waals surface area contributed by atoms with Gasteiger partial charge in [0.2, 0.25) is 5.91 Å². The Morgan fingerprint density at radius 2 is 2.14 bits per heavy atom. The van der Waals surface area contributed by atoms with Crippen LogP contribution in [0.5, 0.6) is 0 Å². The lowest BCUT2D eigenvalue weighted by molar-refractivity contribution is -0.156. The van der Waals surface area contributed by atoms with Crippen molar-refractivity contribution >= 4 is 11.9 Å². The minimum Gasteiger partial charge on any atom is -0.464 e. The molecular formula is C16H22N2O3. The first-order chi connectivity index (χ1) is 10.1. The van der Waals surface area contributed by atoms with Crippen LogP contribution in [0.25, 0.3) is 0 Å². The molecule has 2 atom stereocenters. The SMILES string of the molecule is CCOC(=O)[C@H](Cc1ccccc1)N1CCN[C@@H](C)C1=O. The van der Waals surface area contributed by atoms with Crippen molar-refractivity contribution in [1.82, 2.24) is 10.2 Å². The molecule has 1 saturated heterocycles. The fraction of sp³-hybridized carbons (Fsp3) is 0.500. The second-order valence-corrected chi connectivity index (χ2v) is 5.17. The van der Waals surface area contributed by atoms with E-state index in [1.54, 1.807) is 11.8 Å². The molecule has 0 radical (unpaired) electrons. The zero-order chi connectivity index (χ0) is 15.2. The predicted molar refractivity (Wildman–Crippen MR) is 79.7 cm³/mol. The van der Waals surface area contributed by atoms with Crippen molar-refractivity contribution in [1.29, 1.82) is 0 Å². The third-order valence-corrected chi connectivity index (χ3v) is 3.66. The summed E-state index contributed by atoms with van der Waals surface area (Å²) in [5, 5.41) is 3.11. The largest absolute Gasteiger partial charge is 0.464 e. The van der Waals surface area contributed by atoms with E-state index in [2.05, 4.69) is 5.32 Å². The maximum absolute atomic E-state index is 12.3. The van der Waals surface area contributed by atoms with Crippen molar-refractivity contribution in [2.24, 2.45) is 0 Å². The van der Waals surface area contributed by atoms with Gasteiger partial charge in [0.05, 0.1) is 12.6 Å². The van der Waals surface area contributed by atoms with E-state index in [9.17, 15) is 9.59 Å². The van der Waals surface area contributed by atoms with Crippen molar-refractivity contribution in [3.05, 3.63) is 35.9 Å². The van der Waals surface area contributed by atoms with Gasteiger partial charge in [0.15, 0.2) is 0 Å². The van der Waals surface area contributed by atoms with Crippen LogP contribution in [0.15, 0.2) is 30.3 Å². The first-order valence-corrected chi connectivity index (χ1v) is 7.38. The number of esters is 1. The zero-order valence-corrected chi connectivity index (χ0v) is 12.5. The number of carbonyl (C=O) groups excluding carboxylic acids is 2. The summed E-state index contributed by atoms with van der Waals surface area (Å²) in [6.45, 7) is 5.13. The van der Waals surface area contributed by atoms with Crippen molar-refractivity contribution in [2.75, 3.05) is 19.7 Å². The Bertz CT molecular complexity index is 490. The van der Waals surface area contributed by atoms with Gasteiger partial charge in [-0.2, -0.15) is 0 Å². The van der Waals surface area contributed by atoms with Crippen molar-refractivity contribution in [2.45, 2.75) is 32.4 Å². The topological polar surface area (TPSA) is 58.6 Å². The van der Waals surface area contributed by atoms with Crippen LogP contribution in [-0.2, 0) is 20.7 Å². The lowest BCUT2D eigenvalue weighted by Gasteiger charge is -2.36. The van der Waals surface area contributed by atoms with Crippen LogP contribution in [0, 0.1) is 0 Å². The van der Waals surface area contributed by atoms with Crippen LogP contribution in [0.2, 0.25) is 0 Å². The summed E-state index contributed by atoms with van der Waals surface area (Å²) in [7, 11) is 0. The van der Waals surface area contributed by atoms with Crippen LogP contribution >= 0.6 is 0 Å². The average Bonchev–Trinajstić information content (AvgIpc) is 2.49. The van der Waals surface area contributed by atoms with Crippen LogP contribution in [0.1, 0.15) is 19.4 Å². The lowest BCUT2D eigenvalue weighted by Crippen LogP contribution is -2.59. The first-order valence-electron chi connectivity index (χ1n) is 7.38. The summed E-state index contributed by atoms with van der Waals surface area (Å²) >= 11 is 0. The number of piperazine rings is 1. The Labute approximate surface area is 125 Å². The Balaban J connectivity index is 2.19. The summed E-state index contributed by atoms with van der Waals surface area (Å²) < 4.78 is 5.16. The van der Waals surface area contributed by atoms with Crippen molar-refractivity contribution in [3.8, 4) is 0 Å². The number of hydrogen-bond donors (Lipinski definition) is 1. The summed E-state index contributed by atoms with van der Waals surface area (Å²) in [5.74, 6) is -0.376. The van der Waals surface area contributed by atoms with E-state index in [4.69, 9.17) is 4.74 Å². The minimum atomic E-state index is -0.551. The predicted octanol–water partition coefficient (Wildman–Crippen LogP) is 0.981. The standard InChI is InChI=1S/C16H22N2O3/c1-3-21-16(20)14(11-13-7-5-4-6-8-13)18-10-9-17-12(2)15(18)19/h4-8,12,14,17H,3,9-11H2,1-2H3/t12-,14-/m0/s1. The van der Waals surface area contributed by atoms with Gasteiger partial charge in [-0.15, -0.1) is 0 Å². The number of nitrogens with one attached hydrogen (secondary N) is 1. The van der Waals surface area contributed by atoms with Crippen LogP contribution in [0.3, 0.4) is 0 Å². The molecule has 5 nitrogen and oxygen atoms in total. The molecule has 0 aliphatic carbocycles. The highest BCUT2D eigenvalue weighted by molar-refractivity contribution is 5.88. The zero-order valence-electron chi connectivity index (χ0n) is 12.5.